The summed E-state index contributed by atoms with van der Waals surface area (Å²) in [6, 6.07) is 4.93. The lowest BCUT2D eigenvalue weighted by Crippen LogP contribution is -2.52. The lowest BCUT2D eigenvalue weighted by atomic mass is 10.1. The molecular weight excluding hydrogens is 453 g/mol. The summed E-state index contributed by atoms with van der Waals surface area (Å²) in [7, 11) is 0. The fourth-order valence-electron chi connectivity index (χ4n) is 4.91. The molecule has 10 nitrogen and oxygen atoms in total. The van der Waals surface area contributed by atoms with Gasteiger partial charge in [-0.1, -0.05) is 0 Å². The molecule has 0 saturated carbocycles. The number of imidazole rings is 1. The molecule has 0 aliphatic carbocycles. The van der Waals surface area contributed by atoms with Crippen molar-refractivity contribution < 1.29 is 18.7 Å². The number of hydrogen-bond donors (Lipinski definition) is 1. The van der Waals surface area contributed by atoms with E-state index in [-0.39, 0.29) is 23.7 Å². The molecule has 2 saturated heterocycles. The number of fused-ring (bicyclic) bond motifs is 3. The standard InChI is InChI=1S/C24H24FN7O3/c1-3-31-12-18-20(29-6-7-32-16(11-29)13-35-24(32)34)5-4-17(21(18)28-31)23(33)27-15-8-19(25)22-26-14(2)9-30(22)10-15/h4-5,8-10,12,16H,3,6-7,11,13H2,1-2H3,(H,27,33). The molecule has 180 valence electrons. The summed E-state index contributed by atoms with van der Waals surface area (Å²) < 4.78 is 23.0. The van der Waals surface area contributed by atoms with Crippen LogP contribution in [0.25, 0.3) is 16.6 Å². The average Bonchev–Trinajstić information content (AvgIpc) is 3.54. The highest BCUT2D eigenvalue weighted by Crippen LogP contribution is 2.32. The number of carbonyl (C=O) groups is 2. The summed E-state index contributed by atoms with van der Waals surface area (Å²) in [6.07, 6.45) is 5.01. The van der Waals surface area contributed by atoms with Gasteiger partial charge in [-0.05, 0) is 26.0 Å². The first kappa shape index (κ1) is 21.4. The van der Waals surface area contributed by atoms with Crippen LogP contribution in [0.1, 0.15) is 23.0 Å². The van der Waals surface area contributed by atoms with E-state index in [1.54, 1.807) is 39.4 Å². The minimum atomic E-state index is -0.514. The van der Waals surface area contributed by atoms with E-state index in [0.717, 1.165) is 11.1 Å². The second kappa shape index (κ2) is 7.97. The minimum absolute atomic E-state index is 0.00659. The Hall–Kier alpha value is -4.15. The van der Waals surface area contributed by atoms with Gasteiger partial charge in [0.05, 0.1) is 23.0 Å². The van der Waals surface area contributed by atoms with Crippen molar-refractivity contribution in [3.63, 3.8) is 0 Å². The molecule has 6 rings (SSSR count). The van der Waals surface area contributed by atoms with Crippen LogP contribution in [0.3, 0.4) is 0 Å². The van der Waals surface area contributed by atoms with Crippen molar-refractivity contribution in [1.29, 1.82) is 0 Å². The molecule has 11 heteroatoms. The van der Waals surface area contributed by atoms with Gasteiger partial charge >= 0.3 is 6.09 Å². The van der Waals surface area contributed by atoms with Gasteiger partial charge < -0.3 is 19.4 Å². The Morgan fingerprint density at radius 1 is 1.26 bits per heavy atom. The molecule has 3 aromatic heterocycles. The van der Waals surface area contributed by atoms with Crippen LogP contribution in [-0.4, -0.2) is 68.3 Å². The summed E-state index contributed by atoms with van der Waals surface area (Å²) in [5.74, 6) is -0.890. The van der Waals surface area contributed by atoms with Crippen LogP contribution >= 0.6 is 0 Å². The number of amides is 2. The van der Waals surface area contributed by atoms with Gasteiger partial charge in [-0.25, -0.2) is 14.2 Å². The van der Waals surface area contributed by atoms with Gasteiger partial charge in [0.1, 0.15) is 12.1 Å². The van der Waals surface area contributed by atoms with Crippen LogP contribution in [0.2, 0.25) is 0 Å². The predicted octanol–water partition coefficient (Wildman–Crippen LogP) is 3.04. The number of aromatic nitrogens is 4. The maximum Gasteiger partial charge on any atom is 0.410 e. The van der Waals surface area contributed by atoms with Gasteiger partial charge in [0.25, 0.3) is 5.91 Å². The lowest BCUT2D eigenvalue weighted by Gasteiger charge is -2.37. The molecule has 0 spiro atoms. The second-order valence-corrected chi connectivity index (χ2v) is 8.89. The number of benzene rings is 1. The van der Waals surface area contributed by atoms with Crippen molar-refractivity contribution >= 4 is 39.9 Å². The Morgan fingerprint density at radius 3 is 2.94 bits per heavy atom. The van der Waals surface area contributed by atoms with E-state index in [9.17, 15) is 14.0 Å². The molecule has 2 aliphatic rings. The first-order chi connectivity index (χ1) is 16.9. The number of hydrogen-bond acceptors (Lipinski definition) is 6. The van der Waals surface area contributed by atoms with Crippen molar-refractivity contribution in [2.75, 3.05) is 36.5 Å². The van der Waals surface area contributed by atoms with Crippen molar-refractivity contribution in [2.24, 2.45) is 0 Å². The molecule has 2 aliphatic heterocycles. The van der Waals surface area contributed by atoms with Crippen molar-refractivity contribution in [2.45, 2.75) is 26.4 Å². The van der Waals surface area contributed by atoms with Crippen molar-refractivity contribution in [1.82, 2.24) is 24.1 Å². The number of nitrogens with one attached hydrogen (secondary N) is 1. The molecule has 2 fully saturated rings. The quantitative estimate of drug-likeness (QED) is 0.485. The molecule has 1 N–H and O–H groups in total. The van der Waals surface area contributed by atoms with Crippen LogP contribution < -0.4 is 10.2 Å². The first-order valence-electron chi connectivity index (χ1n) is 11.6. The average molecular weight is 478 g/mol. The Kier molecular flexibility index (Phi) is 4.87. The number of halogens is 1. The van der Waals surface area contributed by atoms with Gasteiger partial charge in [-0.2, -0.15) is 5.10 Å². The normalized spacial score (nSPS) is 17.8. The maximum atomic E-state index is 14.5. The summed E-state index contributed by atoms with van der Waals surface area (Å²) in [4.78, 5) is 33.3. The zero-order valence-electron chi connectivity index (χ0n) is 19.4. The fourth-order valence-corrected chi connectivity index (χ4v) is 4.91. The summed E-state index contributed by atoms with van der Waals surface area (Å²) in [5.41, 5.74) is 3.15. The highest BCUT2D eigenvalue weighted by atomic mass is 19.1. The largest absolute Gasteiger partial charge is 0.447 e. The van der Waals surface area contributed by atoms with Crippen LogP contribution in [-0.2, 0) is 11.3 Å². The SMILES string of the molecule is CCn1cc2c(N3CCN4C(=O)OCC4C3)ccc(C(=O)Nc3cc(F)c4nc(C)cn4c3)c2n1. The van der Waals surface area contributed by atoms with E-state index in [1.165, 1.54) is 6.07 Å². The summed E-state index contributed by atoms with van der Waals surface area (Å²) in [6.45, 7) is 6.68. The molecule has 2 amide bonds. The number of rotatable bonds is 4. The number of anilines is 2. The number of nitrogens with zero attached hydrogens (tertiary/aromatic N) is 6. The van der Waals surface area contributed by atoms with E-state index in [2.05, 4.69) is 20.3 Å². The predicted molar refractivity (Wildman–Crippen MR) is 127 cm³/mol. The highest BCUT2D eigenvalue weighted by Gasteiger charge is 2.38. The monoisotopic (exact) mass is 477 g/mol. The smallest absolute Gasteiger partial charge is 0.410 e. The number of pyridine rings is 1. The molecular formula is C24H24FN7O3. The number of piperazine rings is 1. The summed E-state index contributed by atoms with van der Waals surface area (Å²) >= 11 is 0. The summed E-state index contributed by atoms with van der Waals surface area (Å²) in [5, 5.41) is 8.30. The van der Waals surface area contributed by atoms with Gasteiger partial charge in [0.2, 0.25) is 0 Å². The number of aryl methyl sites for hydroxylation is 2. The van der Waals surface area contributed by atoms with E-state index in [1.807, 2.05) is 19.2 Å². The van der Waals surface area contributed by atoms with Gasteiger partial charge in [-0.3, -0.25) is 14.4 Å². The third-order valence-electron chi connectivity index (χ3n) is 6.61. The van der Waals surface area contributed by atoms with Gasteiger partial charge in [0, 0.05) is 61.9 Å². The lowest BCUT2D eigenvalue weighted by molar-refractivity contribution is 0.102. The Morgan fingerprint density at radius 2 is 2.11 bits per heavy atom. The van der Waals surface area contributed by atoms with E-state index < -0.39 is 5.82 Å². The van der Waals surface area contributed by atoms with E-state index >= 15 is 0 Å². The molecule has 1 atom stereocenters. The second-order valence-electron chi connectivity index (χ2n) is 8.89. The van der Waals surface area contributed by atoms with Gasteiger partial charge in [0.15, 0.2) is 11.5 Å². The Balaban J connectivity index is 1.33. The van der Waals surface area contributed by atoms with E-state index in [0.29, 0.717) is 55.2 Å². The fraction of sp³-hybridized carbons (Fsp3) is 0.333. The van der Waals surface area contributed by atoms with Crippen LogP contribution in [0.4, 0.5) is 20.6 Å². The van der Waals surface area contributed by atoms with Crippen LogP contribution in [0.5, 0.6) is 0 Å². The number of carbonyl (C=O) groups excluding carboxylic acids is 2. The third-order valence-corrected chi connectivity index (χ3v) is 6.61. The molecule has 4 aromatic rings. The van der Waals surface area contributed by atoms with Gasteiger partial charge in [-0.15, -0.1) is 0 Å². The minimum Gasteiger partial charge on any atom is -0.447 e. The molecule has 0 radical (unpaired) electrons. The Bertz CT molecular complexity index is 1490. The molecule has 0 bridgehead atoms. The zero-order valence-corrected chi connectivity index (χ0v) is 19.4. The molecule has 1 aromatic carbocycles. The van der Waals surface area contributed by atoms with Crippen LogP contribution in [0, 0.1) is 12.7 Å². The third kappa shape index (κ3) is 3.54. The van der Waals surface area contributed by atoms with Crippen molar-refractivity contribution in [3.8, 4) is 0 Å². The zero-order chi connectivity index (χ0) is 24.3. The molecule has 1 unspecified atom stereocenters. The van der Waals surface area contributed by atoms with E-state index in [4.69, 9.17) is 4.74 Å². The topological polar surface area (TPSA) is 97.0 Å². The number of ether oxygens (including phenoxy) is 1. The Labute approximate surface area is 199 Å². The maximum absolute atomic E-state index is 14.5. The highest BCUT2D eigenvalue weighted by molar-refractivity contribution is 6.14. The molecule has 5 heterocycles. The first-order valence-corrected chi connectivity index (χ1v) is 11.6. The van der Waals surface area contributed by atoms with Crippen LogP contribution in [0.15, 0.2) is 36.8 Å². The molecule has 35 heavy (non-hydrogen) atoms. The van der Waals surface area contributed by atoms with Crippen molar-refractivity contribution in [3.05, 3.63) is 53.9 Å². The number of cyclic esters (lactones) is 1.